The van der Waals surface area contributed by atoms with Gasteiger partial charge in [0.1, 0.15) is 5.82 Å². The molecule has 0 aliphatic carbocycles. The van der Waals surface area contributed by atoms with Gasteiger partial charge in [-0.05, 0) is 42.0 Å². The van der Waals surface area contributed by atoms with E-state index in [1.54, 1.807) is 23.9 Å². The highest BCUT2D eigenvalue weighted by Gasteiger charge is 2.16. The zero-order chi connectivity index (χ0) is 13.2. The summed E-state index contributed by atoms with van der Waals surface area (Å²) >= 11 is 5.17. The van der Waals surface area contributed by atoms with E-state index in [0.717, 1.165) is 32.2 Å². The molecule has 19 heavy (non-hydrogen) atoms. The van der Waals surface area contributed by atoms with Gasteiger partial charge in [-0.1, -0.05) is 15.9 Å². The summed E-state index contributed by atoms with van der Waals surface area (Å²) in [4.78, 5) is 1.03. The van der Waals surface area contributed by atoms with E-state index in [2.05, 4.69) is 15.9 Å². The molecule has 2 nitrogen and oxygen atoms in total. The summed E-state index contributed by atoms with van der Waals surface area (Å²) in [6, 6.07) is 10.4. The van der Waals surface area contributed by atoms with E-state index in [4.69, 9.17) is 9.47 Å². The van der Waals surface area contributed by atoms with Crippen molar-refractivity contribution in [1.82, 2.24) is 0 Å². The van der Waals surface area contributed by atoms with Crippen molar-refractivity contribution in [3.05, 3.63) is 52.3 Å². The summed E-state index contributed by atoms with van der Waals surface area (Å²) in [7, 11) is 0. The number of fused-ring (bicyclic) bond motifs is 1. The Morgan fingerprint density at radius 2 is 1.79 bits per heavy atom. The van der Waals surface area contributed by atoms with Gasteiger partial charge in [0.2, 0.25) is 6.79 Å². The molecule has 0 amide bonds. The van der Waals surface area contributed by atoms with Gasteiger partial charge in [-0.3, -0.25) is 0 Å². The Morgan fingerprint density at radius 1 is 1.11 bits per heavy atom. The number of benzene rings is 2. The molecule has 1 aliphatic heterocycles. The van der Waals surface area contributed by atoms with Gasteiger partial charge in [0.05, 0.1) is 0 Å². The molecule has 0 saturated heterocycles. The van der Waals surface area contributed by atoms with E-state index in [1.807, 2.05) is 12.1 Å². The molecule has 3 rings (SSSR count). The standard InChI is InChI=1S/C14H10BrFO2S/c15-12-6-14-13(17-8-18-14)5-9(12)7-19-11-3-1-10(16)2-4-11/h1-6H,7-8H2. The van der Waals surface area contributed by atoms with Gasteiger partial charge in [0.15, 0.2) is 11.5 Å². The van der Waals surface area contributed by atoms with Gasteiger partial charge in [-0.15, -0.1) is 11.8 Å². The van der Waals surface area contributed by atoms with Crippen molar-refractivity contribution in [2.75, 3.05) is 6.79 Å². The van der Waals surface area contributed by atoms with Crippen molar-refractivity contribution in [2.24, 2.45) is 0 Å². The number of ether oxygens (including phenoxy) is 2. The van der Waals surface area contributed by atoms with Gasteiger partial charge in [-0.2, -0.15) is 0 Å². The molecule has 5 heteroatoms. The third kappa shape index (κ3) is 2.87. The predicted molar refractivity (Wildman–Crippen MR) is 76.2 cm³/mol. The Hall–Kier alpha value is -1.20. The molecule has 0 radical (unpaired) electrons. The number of rotatable bonds is 3. The molecule has 0 bridgehead atoms. The van der Waals surface area contributed by atoms with Crippen LogP contribution in [0.3, 0.4) is 0 Å². The molecule has 0 saturated carbocycles. The minimum atomic E-state index is -0.214. The van der Waals surface area contributed by atoms with Crippen LogP contribution in [0, 0.1) is 5.82 Å². The van der Waals surface area contributed by atoms with Gasteiger partial charge in [0.25, 0.3) is 0 Å². The van der Waals surface area contributed by atoms with Crippen LogP contribution < -0.4 is 9.47 Å². The molecular weight excluding hydrogens is 331 g/mol. The molecule has 0 unspecified atom stereocenters. The Morgan fingerprint density at radius 3 is 2.53 bits per heavy atom. The monoisotopic (exact) mass is 340 g/mol. The minimum Gasteiger partial charge on any atom is -0.454 e. The minimum absolute atomic E-state index is 0.214. The third-order valence-corrected chi connectivity index (χ3v) is 4.55. The van der Waals surface area contributed by atoms with Gasteiger partial charge >= 0.3 is 0 Å². The lowest BCUT2D eigenvalue weighted by Gasteiger charge is -2.06. The number of thioether (sulfide) groups is 1. The maximum atomic E-state index is 12.8. The normalized spacial score (nSPS) is 12.7. The third-order valence-electron chi connectivity index (χ3n) is 2.75. The summed E-state index contributed by atoms with van der Waals surface area (Å²) < 4.78 is 24.5. The second-order valence-corrected chi connectivity index (χ2v) is 5.94. The van der Waals surface area contributed by atoms with Crippen LogP contribution >= 0.6 is 27.7 Å². The molecule has 2 aromatic rings. The molecule has 1 heterocycles. The van der Waals surface area contributed by atoms with Gasteiger partial charge in [0, 0.05) is 15.1 Å². The largest absolute Gasteiger partial charge is 0.454 e. The fourth-order valence-electron chi connectivity index (χ4n) is 1.76. The fraction of sp³-hybridized carbons (Fsp3) is 0.143. The van der Waals surface area contributed by atoms with E-state index in [1.165, 1.54) is 12.1 Å². The van der Waals surface area contributed by atoms with E-state index < -0.39 is 0 Å². The quantitative estimate of drug-likeness (QED) is 0.760. The predicted octanol–water partition coefficient (Wildman–Crippen LogP) is 4.61. The molecule has 0 N–H and O–H groups in total. The van der Waals surface area contributed by atoms with Crippen LogP contribution in [0.15, 0.2) is 45.8 Å². The summed E-state index contributed by atoms with van der Waals surface area (Å²) in [5, 5.41) is 0. The van der Waals surface area contributed by atoms with Crippen molar-refractivity contribution in [3.63, 3.8) is 0 Å². The Kier molecular flexibility index (Phi) is 3.66. The first-order valence-electron chi connectivity index (χ1n) is 5.69. The van der Waals surface area contributed by atoms with Crippen molar-refractivity contribution < 1.29 is 13.9 Å². The number of hydrogen-bond acceptors (Lipinski definition) is 3. The molecule has 2 aromatic carbocycles. The number of halogens is 2. The first kappa shape index (κ1) is 12.8. The average Bonchev–Trinajstić information content (AvgIpc) is 2.85. The summed E-state index contributed by atoms with van der Waals surface area (Å²) in [5.74, 6) is 2.11. The highest BCUT2D eigenvalue weighted by atomic mass is 79.9. The van der Waals surface area contributed by atoms with Crippen LogP contribution in [0.25, 0.3) is 0 Å². The Balaban J connectivity index is 1.75. The molecular formula is C14H10BrFO2S. The maximum absolute atomic E-state index is 12.8. The van der Waals surface area contributed by atoms with Crippen LogP contribution in [0.1, 0.15) is 5.56 Å². The summed E-state index contributed by atoms with van der Waals surface area (Å²) in [6.45, 7) is 0.274. The van der Waals surface area contributed by atoms with Crippen LogP contribution in [0.4, 0.5) is 4.39 Å². The van der Waals surface area contributed by atoms with Gasteiger partial charge < -0.3 is 9.47 Å². The van der Waals surface area contributed by atoms with Crippen molar-refractivity contribution in [2.45, 2.75) is 10.6 Å². The van der Waals surface area contributed by atoms with Crippen LogP contribution in [0.2, 0.25) is 0 Å². The average molecular weight is 341 g/mol. The molecule has 0 spiro atoms. The second-order valence-electron chi connectivity index (χ2n) is 4.04. The smallest absolute Gasteiger partial charge is 0.231 e. The SMILES string of the molecule is Fc1ccc(SCc2cc3c(cc2Br)OCO3)cc1. The number of hydrogen-bond donors (Lipinski definition) is 0. The molecule has 0 atom stereocenters. The zero-order valence-corrected chi connectivity index (χ0v) is 12.3. The van der Waals surface area contributed by atoms with Crippen LogP contribution in [-0.2, 0) is 5.75 Å². The van der Waals surface area contributed by atoms with Crippen LogP contribution in [-0.4, -0.2) is 6.79 Å². The van der Waals surface area contributed by atoms with Crippen molar-refractivity contribution in [3.8, 4) is 11.5 Å². The van der Waals surface area contributed by atoms with Gasteiger partial charge in [-0.25, -0.2) is 4.39 Å². The summed E-state index contributed by atoms with van der Waals surface area (Å²) in [6.07, 6.45) is 0. The molecule has 0 aromatic heterocycles. The molecule has 0 fully saturated rings. The fourth-order valence-corrected chi connectivity index (χ4v) is 3.30. The lowest BCUT2D eigenvalue weighted by Crippen LogP contribution is -1.92. The van der Waals surface area contributed by atoms with Crippen molar-refractivity contribution in [1.29, 1.82) is 0 Å². The lowest BCUT2D eigenvalue weighted by molar-refractivity contribution is 0.174. The van der Waals surface area contributed by atoms with E-state index in [-0.39, 0.29) is 12.6 Å². The first-order chi connectivity index (χ1) is 9.22. The maximum Gasteiger partial charge on any atom is 0.231 e. The Bertz CT molecular complexity index is 601. The zero-order valence-electron chi connectivity index (χ0n) is 9.86. The first-order valence-corrected chi connectivity index (χ1v) is 7.46. The highest BCUT2D eigenvalue weighted by Crippen LogP contribution is 2.38. The highest BCUT2D eigenvalue weighted by molar-refractivity contribution is 9.10. The topological polar surface area (TPSA) is 18.5 Å². The van der Waals surface area contributed by atoms with E-state index >= 15 is 0 Å². The summed E-state index contributed by atoms with van der Waals surface area (Å²) in [5.41, 5.74) is 1.12. The van der Waals surface area contributed by atoms with E-state index in [9.17, 15) is 4.39 Å². The second kappa shape index (κ2) is 5.43. The molecule has 1 aliphatic rings. The van der Waals surface area contributed by atoms with E-state index in [0.29, 0.717) is 0 Å². The van der Waals surface area contributed by atoms with Crippen LogP contribution in [0.5, 0.6) is 11.5 Å². The lowest BCUT2D eigenvalue weighted by atomic mass is 10.2. The van der Waals surface area contributed by atoms with Crippen molar-refractivity contribution >= 4 is 27.7 Å². The Labute approximate surface area is 123 Å². The molecule has 98 valence electrons.